The van der Waals surface area contributed by atoms with Crippen molar-refractivity contribution in [3.05, 3.63) is 60.2 Å². The van der Waals surface area contributed by atoms with Gasteiger partial charge in [-0.25, -0.2) is 4.79 Å². The molecule has 2 aliphatic rings. The third kappa shape index (κ3) is 7.89. The topological polar surface area (TPSA) is 186 Å². The second-order valence-corrected chi connectivity index (χ2v) is 13.0. The van der Waals surface area contributed by atoms with Gasteiger partial charge < -0.3 is 28.8 Å². The smallest absolute Gasteiger partial charge is 0.338 e. The molecule has 8 atom stereocenters. The minimum absolute atomic E-state index is 0.0587. The summed E-state index contributed by atoms with van der Waals surface area (Å²) in [6.07, 6.45) is -5.15. The van der Waals surface area contributed by atoms with Gasteiger partial charge in [-0.2, -0.15) is 0 Å². The van der Waals surface area contributed by atoms with Crippen molar-refractivity contribution in [3.63, 3.8) is 0 Å². The number of esters is 5. The van der Waals surface area contributed by atoms with E-state index in [9.17, 15) is 38.7 Å². The van der Waals surface area contributed by atoms with Crippen molar-refractivity contribution in [3.8, 4) is 0 Å². The lowest BCUT2D eigenvalue weighted by molar-refractivity contribution is -0.187. The van der Waals surface area contributed by atoms with Crippen LogP contribution in [0.2, 0.25) is 0 Å². The monoisotopic (exact) mass is 670 g/mol. The average molecular weight is 671 g/mol. The molecule has 0 heterocycles. The molecule has 0 bridgehead atoms. The van der Waals surface area contributed by atoms with Crippen LogP contribution in [0.15, 0.2) is 54.6 Å². The fourth-order valence-corrected chi connectivity index (χ4v) is 6.37. The van der Waals surface area contributed by atoms with E-state index in [0.717, 1.165) is 27.7 Å². The Labute approximate surface area is 278 Å². The van der Waals surface area contributed by atoms with E-state index in [1.807, 2.05) is 0 Å². The minimum Gasteiger partial charge on any atom is -0.459 e. The van der Waals surface area contributed by atoms with Gasteiger partial charge in [0, 0.05) is 51.0 Å². The molecule has 0 radical (unpaired) electrons. The summed E-state index contributed by atoms with van der Waals surface area (Å²) in [7, 11) is 0. The second-order valence-electron chi connectivity index (χ2n) is 13.0. The van der Waals surface area contributed by atoms with E-state index in [1.165, 1.54) is 52.0 Å². The highest BCUT2D eigenvalue weighted by Crippen LogP contribution is 2.52. The highest BCUT2D eigenvalue weighted by Gasteiger charge is 2.70. The Morgan fingerprint density at radius 1 is 0.771 bits per heavy atom. The number of aliphatic hydroxyl groups is 1. The molecule has 1 aromatic rings. The number of fused-ring (bicyclic) bond motifs is 1. The van der Waals surface area contributed by atoms with Crippen LogP contribution < -0.4 is 0 Å². The molecule has 0 aliphatic heterocycles. The molecule has 0 spiro atoms. The van der Waals surface area contributed by atoms with Crippen molar-refractivity contribution in [2.24, 2.45) is 17.3 Å². The van der Waals surface area contributed by atoms with E-state index in [0.29, 0.717) is 0 Å². The first-order valence-electron chi connectivity index (χ1n) is 15.3. The van der Waals surface area contributed by atoms with Crippen molar-refractivity contribution < 1.29 is 62.4 Å². The van der Waals surface area contributed by atoms with Gasteiger partial charge in [-0.3, -0.25) is 28.8 Å². The molecule has 1 saturated carbocycles. The van der Waals surface area contributed by atoms with Crippen LogP contribution in [0, 0.1) is 17.3 Å². The van der Waals surface area contributed by atoms with Crippen molar-refractivity contribution in [1.29, 1.82) is 0 Å². The predicted octanol–water partition coefficient (Wildman–Crippen LogP) is 3.01. The molecular weight excluding hydrogens is 628 g/mol. The Kier molecular flexibility index (Phi) is 11.2. The lowest BCUT2D eigenvalue weighted by Gasteiger charge is -2.42. The first-order valence-corrected chi connectivity index (χ1v) is 15.3. The van der Waals surface area contributed by atoms with Crippen LogP contribution >= 0.6 is 0 Å². The molecule has 1 fully saturated rings. The molecule has 1 N–H and O–H groups in total. The Morgan fingerprint density at radius 3 is 1.83 bits per heavy atom. The fourth-order valence-electron chi connectivity index (χ4n) is 6.37. The highest BCUT2D eigenvalue weighted by atomic mass is 16.6. The van der Waals surface area contributed by atoms with Gasteiger partial charge >= 0.3 is 29.8 Å². The summed E-state index contributed by atoms with van der Waals surface area (Å²) in [5.74, 6) is -9.11. The van der Waals surface area contributed by atoms with Crippen LogP contribution in [0.4, 0.5) is 0 Å². The minimum atomic E-state index is -2.33. The summed E-state index contributed by atoms with van der Waals surface area (Å²) in [6.45, 7) is 13.8. The normalized spacial score (nSPS) is 32.4. The largest absolute Gasteiger partial charge is 0.459 e. The van der Waals surface area contributed by atoms with E-state index >= 15 is 0 Å². The van der Waals surface area contributed by atoms with Crippen LogP contribution in [0.25, 0.3) is 0 Å². The van der Waals surface area contributed by atoms with Gasteiger partial charge in [0.25, 0.3) is 0 Å². The zero-order valence-electron chi connectivity index (χ0n) is 28.3. The van der Waals surface area contributed by atoms with Gasteiger partial charge in [-0.1, -0.05) is 43.9 Å². The molecular formula is C35H42O13. The van der Waals surface area contributed by atoms with E-state index in [1.54, 1.807) is 18.2 Å². The van der Waals surface area contributed by atoms with Gasteiger partial charge in [0.05, 0.1) is 11.5 Å². The SMILES string of the molecule is C=C1[C@H](OC(C)=O)[C@H]2[C@@H](OC(C)=O)[C@](C)(O)C[C@]2(OC(C)=O)C(=O)[C@H](C)/C=C/C(C)(C)C(=O)[C@H](OC(=O)c2ccccc2)[C@H]1OC(C)=O. The van der Waals surface area contributed by atoms with Crippen molar-refractivity contribution in [1.82, 2.24) is 0 Å². The fraction of sp³-hybridized carbons (Fsp3) is 0.514. The number of carbonyl (C=O) groups excluding carboxylic acids is 7. The first-order chi connectivity index (χ1) is 22.1. The van der Waals surface area contributed by atoms with Gasteiger partial charge in [-0.05, 0) is 32.9 Å². The average Bonchev–Trinajstić information content (AvgIpc) is 3.19. The zero-order valence-corrected chi connectivity index (χ0v) is 28.3. The molecule has 260 valence electrons. The Hall–Kier alpha value is -4.65. The maximum Gasteiger partial charge on any atom is 0.338 e. The van der Waals surface area contributed by atoms with Crippen LogP contribution in [0.1, 0.15) is 72.2 Å². The second kappa shape index (κ2) is 14.2. The van der Waals surface area contributed by atoms with E-state index in [-0.39, 0.29) is 5.56 Å². The van der Waals surface area contributed by atoms with E-state index in [2.05, 4.69) is 6.58 Å². The number of carbonyl (C=O) groups is 7. The summed E-state index contributed by atoms with van der Waals surface area (Å²) in [5, 5.41) is 11.7. The highest BCUT2D eigenvalue weighted by molar-refractivity contribution is 5.97. The molecule has 48 heavy (non-hydrogen) atoms. The molecule has 3 rings (SSSR count). The predicted molar refractivity (Wildman–Crippen MR) is 167 cm³/mol. The number of ketones is 2. The molecule has 0 saturated heterocycles. The number of benzene rings is 1. The molecule has 13 heteroatoms. The summed E-state index contributed by atoms with van der Waals surface area (Å²) >= 11 is 0. The van der Waals surface area contributed by atoms with Crippen molar-refractivity contribution in [2.75, 3.05) is 0 Å². The molecule has 1 aromatic carbocycles. The van der Waals surface area contributed by atoms with Crippen LogP contribution in [-0.2, 0) is 52.5 Å². The molecule has 0 aromatic heterocycles. The van der Waals surface area contributed by atoms with Gasteiger partial charge in [-0.15, -0.1) is 0 Å². The number of hydrogen-bond donors (Lipinski definition) is 1. The van der Waals surface area contributed by atoms with Crippen LogP contribution in [0.5, 0.6) is 0 Å². The lowest BCUT2D eigenvalue weighted by Crippen LogP contribution is -2.58. The van der Waals surface area contributed by atoms with Crippen molar-refractivity contribution in [2.45, 2.75) is 97.4 Å². The Balaban J connectivity index is 2.45. The van der Waals surface area contributed by atoms with E-state index in [4.69, 9.17) is 23.7 Å². The molecule has 13 nitrogen and oxygen atoms in total. The van der Waals surface area contributed by atoms with Crippen molar-refractivity contribution >= 4 is 41.4 Å². The first kappa shape index (κ1) is 37.8. The Morgan fingerprint density at radius 2 is 1.31 bits per heavy atom. The zero-order chi connectivity index (χ0) is 36.4. The summed E-state index contributed by atoms with van der Waals surface area (Å²) in [4.78, 5) is 92.7. The molecule has 2 aliphatic carbocycles. The summed E-state index contributed by atoms with van der Waals surface area (Å²) < 4.78 is 28.4. The molecule has 0 unspecified atom stereocenters. The summed E-state index contributed by atoms with van der Waals surface area (Å²) in [5.41, 5.74) is -6.22. The number of Topliss-reactive ketones (excluding diaryl/α,β-unsaturated/α-hetero) is 2. The standard InChI is InChI=1S/C35H42O13/c1-18-15-16-33(7,8)30(41)28(47-32(42)24-13-11-10-12-14-24)27(45-21(4)37)19(2)26(44-20(3)36)25-31(46-22(5)38)34(9,43)17-35(25,29(18)40)48-23(6)39/h10-16,18,25-28,31,43H,2,17H2,1,3-9H3/b16-15+/t18-,25+,26+,27+,28-,31-,34-,35-/m1/s1. The lowest BCUT2D eigenvalue weighted by atomic mass is 9.72. The van der Waals surface area contributed by atoms with Crippen LogP contribution in [0.3, 0.4) is 0 Å². The number of ether oxygens (including phenoxy) is 5. The maximum absolute atomic E-state index is 14.5. The number of allylic oxidation sites excluding steroid dienone is 2. The van der Waals surface area contributed by atoms with Crippen LogP contribution in [-0.4, -0.2) is 82.1 Å². The third-order valence-corrected chi connectivity index (χ3v) is 8.40. The van der Waals surface area contributed by atoms with E-state index < -0.39 is 106 Å². The Bertz CT molecular complexity index is 1520. The quantitative estimate of drug-likeness (QED) is 0.265. The third-order valence-electron chi connectivity index (χ3n) is 8.40. The summed E-state index contributed by atoms with van der Waals surface area (Å²) in [6, 6.07) is 7.68. The van der Waals surface area contributed by atoms with Gasteiger partial charge in [0.2, 0.25) is 6.10 Å². The maximum atomic E-state index is 14.5. The number of hydrogen-bond acceptors (Lipinski definition) is 13. The molecule has 0 amide bonds. The van der Waals surface area contributed by atoms with Gasteiger partial charge in [0.15, 0.2) is 23.3 Å². The van der Waals surface area contributed by atoms with Gasteiger partial charge in [0.1, 0.15) is 17.8 Å². The number of rotatable bonds is 6.